The predicted molar refractivity (Wildman–Crippen MR) is 100.0 cm³/mol. The number of amides is 2. The first-order valence-electron chi connectivity index (χ1n) is 9.04. The smallest absolute Gasteiger partial charge is 0.257 e. The van der Waals surface area contributed by atoms with E-state index < -0.39 is 0 Å². The number of nitrogens with zero attached hydrogens (tertiary/aromatic N) is 2. The molecule has 1 aromatic carbocycles. The number of nitrogens with one attached hydrogen (secondary N) is 1. The summed E-state index contributed by atoms with van der Waals surface area (Å²) in [7, 11) is 0. The maximum Gasteiger partial charge on any atom is 0.257 e. The van der Waals surface area contributed by atoms with E-state index in [1.807, 2.05) is 35.2 Å². The Morgan fingerprint density at radius 3 is 2.65 bits per heavy atom. The van der Waals surface area contributed by atoms with Crippen LogP contribution in [0, 0.1) is 0 Å². The van der Waals surface area contributed by atoms with Crippen LogP contribution < -0.4 is 5.32 Å². The molecular formula is C20H25N3O3. The van der Waals surface area contributed by atoms with Crippen molar-refractivity contribution in [3.63, 3.8) is 0 Å². The first-order valence-corrected chi connectivity index (χ1v) is 9.04. The second-order valence-corrected chi connectivity index (χ2v) is 6.66. The summed E-state index contributed by atoms with van der Waals surface area (Å²) in [6.45, 7) is 5.11. The maximum absolute atomic E-state index is 12.5. The molecule has 2 heterocycles. The lowest BCUT2D eigenvalue weighted by molar-refractivity contribution is -0.117. The van der Waals surface area contributed by atoms with E-state index in [1.54, 1.807) is 6.07 Å². The molecule has 0 spiro atoms. The van der Waals surface area contributed by atoms with Crippen molar-refractivity contribution in [2.75, 3.05) is 31.5 Å². The van der Waals surface area contributed by atoms with E-state index in [2.05, 4.69) is 17.1 Å². The quantitative estimate of drug-likeness (QED) is 0.896. The second-order valence-electron chi connectivity index (χ2n) is 6.66. The summed E-state index contributed by atoms with van der Waals surface area (Å²) >= 11 is 0. The largest absolute Gasteiger partial charge is 0.472 e. The summed E-state index contributed by atoms with van der Waals surface area (Å²) in [6, 6.07) is 11.3. The van der Waals surface area contributed by atoms with Gasteiger partial charge in [-0.3, -0.25) is 14.5 Å². The fourth-order valence-electron chi connectivity index (χ4n) is 3.28. The Morgan fingerprint density at radius 1 is 1.12 bits per heavy atom. The number of para-hydroxylation sites is 1. The molecule has 0 radical (unpaired) electrons. The normalized spacial score (nSPS) is 16.7. The minimum Gasteiger partial charge on any atom is -0.472 e. The van der Waals surface area contributed by atoms with Crippen LogP contribution in [0.5, 0.6) is 0 Å². The van der Waals surface area contributed by atoms with Crippen molar-refractivity contribution in [2.24, 2.45) is 0 Å². The van der Waals surface area contributed by atoms with Gasteiger partial charge in [0.25, 0.3) is 5.91 Å². The molecule has 0 bridgehead atoms. The molecule has 26 heavy (non-hydrogen) atoms. The van der Waals surface area contributed by atoms with Gasteiger partial charge in [-0.05, 0) is 31.5 Å². The van der Waals surface area contributed by atoms with Gasteiger partial charge in [0.15, 0.2) is 0 Å². The lowest BCUT2D eigenvalue weighted by atomic mass is 10.1. The van der Waals surface area contributed by atoms with Crippen molar-refractivity contribution in [3.8, 4) is 0 Å². The van der Waals surface area contributed by atoms with Gasteiger partial charge in [-0.15, -0.1) is 0 Å². The Balaban J connectivity index is 1.50. The van der Waals surface area contributed by atoms with E-state index in [9.17, 15) is 9.59 Å². The Hall–Kier alpha value is -2.60. The van der Waals surface area contributed by atoms with Gasteiger partial charge in [-0.25, -0.2) is 0 Å². The minimum atomic E-state index is 0.00933. The average Bonchev–Trinajstić information content (AvgIpc) is 3.06. The van der Waals surface area contributed by atoms with Gasteiger partial charge in [0.05, 0.1) is 11.8 Å². The van der Waals surface area contributed by atoms with Gasteiger partial charge < -0.3 is 14.6 Å². The van der Waals surface area contributed by atoms with E-state index in [1.165, 1.54) is 12.5 Å². The van der Waals surface area contributed by atoms with Crippen LogP contribution in [0.4, 0.5) is 5.69 Å². The number of anilines is 1. The molecule has 6 heteroatoms. The number of hydrogen-bond donors (Lipinski definition) is 1. The van der Waals surface area contributed by atoms with Gasteiger partial charge in [-0.2, -0.15) is 0 Å². The third-order valence-corrected chi connectivity index (χ3v) is 4.75. The Morgan fingerprint density at radius 2 is 1.92 bits per heavy atom. The molecule has 1 atom stereocenters. The van der Waals surface area contributed by atoms with Crippen LogP contribution in [0.15, 0.2) is 53.3 Å². The fraction of sp³-hybridized carbons (Fsp3) is 0.400. The molecule has 1 aromatic heterocycles. The summed E-state index contributed by atoms with van der Waals surface area (Å²) in [4.78, 5) is 28.9. The van der Waals surface area contributed by atoms with Crippen LogP contribution in [0.1, 0.15) is 30.1 Å². The van der Waals surface area contributed by atoms with Gasteiger partial charge >= 0.3 is 0 Å². The molecule has 3 rings (SSSR count). The standard InChI is InChI=1S/C20H25N3O3/c1-16(14-19(24)21-18-6-3-2-4-7-18)22-9-5-10-23(12-11-22)20(25)17-8-13-26-15-17/h2-4,6-8,13,15-16H,5,9-12,14H2,1H3,(H,21,24)/t16-/m0/s1. The van der Waals surface area contributed by atoms with E-state index in [-0.39, 0.29) is 17.9 Å². The first-order chi connectivity index (χ1) is 12.6. The number of furan rings is 1. The lowest BCUT2D eigenvalue weighted by Crippen LogP contribution is -2.39. The SMILES string of the molecule is C[C@@H](CC(=O)Nc1ccccc1)N1CCCN(C(=O)c2ccoc2)CC1. The third kappa shape index (κ3) is 4.73. The zero-order chi connectivity index (χ0) is 18.4. The summed E-state index contributed by atoms with van der Waals surface area (Å²) in [6.07, 6.45) is 4.34. The molecule has 1 aliphatic rings. The second kappa shape index (κ2) is 8.67. The number of carbonyl (C=O) groups excluding carboxylic acids is 2. The average molecular weight is 355 g/mol. The Kier molecular flexibility index (Phi) is 6.07. The Labute approximate surface area is 153 Å². The highest BCUT2D eigenvalue weighted by Gasteiger charge is 2.24. The van der Waals surface area contributed by atoms with E-state index in [0.29, 0.717) is 18.5 Å². The van der Waals surface area contributed by atoms with Crippen molar-refractivity contribution >= 4 is 17.5 Å². The molecule has 0 unspecified atom stereocenters. The third-order valence-electron chi connectivity index (χ3n) is 4.75. The van der Waals surface area contributed by atoms with E-state index >= 15 is 0 Å². The number of rotatable bonds is 5. The van der Waals surface area contributed by atoms with Gasteiger partial charge in [0.1, 0.15) is 6.26 Å². The van der Waals surface area contributed by atoms with Crippen LogP contribution in [0.3, 0.4) is 0 Å². The molecule has 0 aliphatic carbocycles. The predicted octanol–water partition coefficient (Wildman–Crippen LogP) is 2.84. The molecular weight excluding hydrogens is 330 g/mol. The summed E-state index contributed by atoms with van der Waals surface area (Å²) in [5, 5.41) is 2.93. The van der Waals surface area contributed by atoms with Crippen LogP contribution in [-0.4, -0.2) is 53.8 Å². The zero-order valence-electron chi connectivity index (χ0n) is 15.1. The topological polar surface area (TPSA) is 65.8 Å². The zero-order valence-corrected chi connectivity index (χ0v) is 15.1. The van der Waals surface area contributed by atoms with Crippen molar-refractivity contribution in [3.05, 3.63) is 54.5 Å². The molecule has 1 fully saturated rings. The highest BCUT2D eigenvalue weighted by molar-refractivity contribution is 5.93. The van der Waals surface area contributed by atoms with Gasteiger partial charge in [-0.1, -0.05) is 18.2 Å². The molecule has 1 saturated heterocycles. The lowest BCUT2D eigenvalue weighted by Gasteiger charge is -2.27. The van der Waals surface area contributed by atoms with Crippen LogP contribution >= 0.6 is 0 Å². The molecule has 1 N–H and O–H groups in total. The minimum absolute atomic E-state index is 0.00933. The molecule has 6 nitrogen and oxygen atoms in total. The summed E-state index contributed by atoms with van der Waals surface area (Å²) in [5.41, 5.74) is 1.41. The van der Waals surface area contributed by atoms with E-state index in [4.69, 9.17) is 4.42 Å². The molecule has 1 aliphatic heterocycles. The van der Waals surface area contributed by atoms with E-state index in [0.717, 1.165) is 31.7 Å². The van der Waals surface area contributed by atoms with Gasteiger partial charge in [0.2, 0.25) is 5.91 Å². The molecule has 2 aromatic rings. The van der Waals surface area contributed by atoms with Crippen LogP contribution in [-0.2, 0) is 4.79 Å². The monoisotopic (exact) mass is 355 g/mol. The number of benzene rings is 1. The maximum atomic E-state index is 12.5. The van der Waals surface area contributed by atoms with Crippen molar-refractivity contribution in [1.82, 2.24) is 9.80 Å². The summed E-state index contributed by atoms with van der Waals surface area (Å²) < 4.78 is 5.01. The Bertz CT molecular complexity index is 715. The molecule has 0 saturated carbocycles. The van der Waals surface area contributed by atoms with Gasteiger partial charge in [0, 0.05) is 44.3 Å². The van der Waals surface area contributed by atoms with Crippen LogP contribution in [0.2, 0.25) is 0 Å². The van der Waals surface area contributed by atoms with Crippen LogP contribution in [0.25, 0.3) is 0 Å². The highest BCUT2D eigenvalue weighted by atomic mass is 16.3. The molecule has 138 valence electrons. The van der Waals surface area contributed by atoms with Crippen molar-refractivity contribution < 1.29 is 14.0 Å². The van der Waals surface area contributed by atoms with Crippen molar-refractivity contribution in [2.45, 2.75) is 25.8 Å². The number of carbonyl (C=O) groups is 2. The first kappa shape index (κ1) is 18.2. The number of hydrogen-bond acceptors (Lipinski definition) is 4. The van der Waals surface area contributed by atoms with Crippen molar-refractivity contribution in [1.29, 1.82) is 0 Å². The molecule has 2 amide bonds. The highest BCUT2D eigenvalue weighted by Crippen LogP contribution is 2.14. The summed E-state index contributed by atoms with van der Waals surface area (Å²) in [5.74, 6) is 0.0225. The fourth-order valence-corrected chi connectivity index (χ4v) is 3.28.